The molecule has 5 aromatic rings. The number of fused-ring (bicyclic) bond motifs is 2. The molecular formula is C27H22N4O4S. The highest BCUT2D eigenvalue weighted by atomic mass is 32.1. The van der Waals surface area contributed by atoms with Crippen LogP contribution in [0.15, 0.2) is 88.1 Å². The summed E-state index contributed by atoms with van der Waals surface area (Å²) < 4.78 is 8.38. The van der Waals surface area contributed by atoms with Gasteiger partial charge in [-0.3, -0.25) is 14.0 Å². The lowest BCUT2D eigenvalue weighted by atomic mass is 10.1. The van der Waals surface area contributed by atoms with Crippen molar-refractivity contribution in [2.75, 3.05) is 6.61 Å². The quantitative estimate of drug-likeness (QED) is 0.262. The molecule has 5 rings (SSSR count). The smallest absolute Gasteiger partial charge is 0.341 e. The lowest BCUT2D eigenvalue weighted by molar-refractivity contribution is 0.0523. The van der Waals surface area contributed by atoms with Gasteiger partial charge in [0.1, 0.15) is 16.9 Å². The van der Waals surface area contributed by atoms with Crippen LogP contribution in [0, 0.1) is 0 Å². The molecule has 0 fully saturated rings. The zero-order valence-corrected chi connectivity index (χ0v) is 20.3. The highest BCUT2D eigenvalue weighted by Crippen LogP contribution is 2.14. The Bertz CT molecular complexity index is 1700. The van der Waals surface area contributed by atoms with Crippen molar-refractivity contribution >= 4 is 39.9 Å². The Morgan fingerprint density at radius 2 is 1.86 bits per heavy atom. The molecule has 4 heterocycles. The Morgan fingerprint density at radius 3 is 2.61 bits per heavy atom. The van der Waals surface area contributed by atoms with E-state index in [2.05, 4.69) is 4.99 Å². The van der Waals surface area contributed by atoms with Gasteiger partial charge < -0.3 is 9.30 Å². The van der Waals surface area contributed by atoms with Gasteiger partial charge in [-0.15, -0.1) is 11.3 Å². The number of aromatic nitrogens is 3. The first-order valence-corrected chi connectivity index (χ1v) is 12.3. The molecule has 8 nitrogen and oxygen atoms in total. The number of amides is 1. The molecule has 1 amide bonds. The molecule has 0 atom stereocenters. The van der Waals surface area contributed by atoms with Crippen molar-refractivity contribution in [1.82, 2.24) is 14.0 Å². The van der Waals surface area contributed by atoms with Crippen LogP contribution in [0.4, 0.5) is 0 Å². The highest BCUT2D eigenvalue weighted by molar-refractivity contribution is 7.12. The SMILES string of the molecule is CCOC(=O)c1cc2c(=O)n3ccccc3nc2n(CCc2ccccc2)c1=NC(=O)c1cccs1. The van der Waals surface area contributed by atoms with Crippen molar-refractivity contribution in [2.45, 2.75) is 19.9 Å². The minimum atomic E-state index is -0.664. The fourth-order valence-corrected chi connectivity index (χ4v) is 4.61. The summed E-state index contributed by atoms with van der Waals surface area (Å²) in [6.07, 6.45) is 2.19. The number of carbonyl (C=O) groups excluding carboxylic acids is 2. The first-order valence-electron chi connectivity index (χ1n) is 11.5. The Hall–Kier alpha value is -4.37. The maximum absolute atomic E-state index is 13.4. The summed E-state index contributed by atoms with van der Waals surface area (Å²) in [6, 6.07) is 19.9. The number of rotatable bonds is 6. The molecule has 1 aromatic carbocycles. The van der Waals surface area contributed by atoms with E-state index in [1.807, 2.05) is 30.3 Å². The predicted molar refractivity (Wildman–Crippen MR) is 137 cm³/mol. The van der Waals surface area contributed by atoms with E-state index < -0.39 is 11.9 Å². The Morgan fingerprint density at radius 1 is 1.06 bits per heavy atom. The van der Waals surface area contributed by atoms with E-state index in [0.29, 0.717) is 29.1 Å². The van der Waals surface area contributed by atoms with E-state index in [1.165, 1.54) is 21.8 Å². The predicted octanol–water partition coefficient (Wildman–Crippen LogP) is 3.87. The molecule has 0 N–H and O–H groups in total. The van der Waals surface area contributed by atoms with Crippen LogP contribution >= 0.6 is 11.3 Å². The van der Waals surface area contributed by atoms with Crippen molar-refractivity contribution < 1.29 is 14.3 Å². The Labute approximate surface area is 209 Å². The molecule has 180 valence electrons. The number of nitrogens with zero attached hydrogens (tertiary/aromatic N) is 4. The van der Waals surface area contributed by atoms with Gasteiger partial charge in [-0.1, -0.05) is 42.5 Å². The molecule has 0 aliphatic heterocycles. The van der Waals surface area contributed by atoms with Gasteiger partial charge in [0.05, 0.1) is 16.9 Å². The number of esters is 1. The molecular weight excluding hydrogens is 476 g/mol. The number of benzene rings is 1. The zero-order valence-electron chi connectivity index (χ0n) is 19.5. The molecule has 0 spiro atoms. The monoisotopic (exact) mass is 498 g/mol. The maximum Gasteiger partial charge on any atom is 0.341 e. The summed E-state index contributed by atoms with van der Waals surface area (Å²) in [5, 5.41) is 2.02. The lowest BCUT2D eigenvalue weighted by Gasteiger charge is -2.15. The summed E-state index contributed by atoms with van der Waals surface area (Å²) in [5.74, 6) is -1.15. The standard InChI is InChI=1S/C27H22N4O4S/c1-2-35-27(34)20-17-19-23(28-22-12-6-7-14-30(22)26(19)33)31(15-13-18-9-4-3-5-10-18)24(20)29-25(32)21-11-8-16-36-21/h3-12,14,16-17H,2,13,15H2,1H3. The third kappa shape index (κ3) is 4.48. The molecule has 4 aromatic heterocycles. The number of pyridine rings is 2. The van der Waals surface area contributed by atoms with E-state index in [0.717, 1.165) is 5.56 Å². The van der Waals surface area contributed by atoms with Gasteiger partial charge in [0.2, 0.25) is 0 Å². The number of aryl methyl sites for hydroxylation is 2. The van der Waals surface area contributed by atoms with Gasteiger partial charge in [0, 0.05) is 12.7 Å². The van der Waals surface area contributed by atoms with E-state index in [1.54, 1.807) is 53.4 Å². The third-order valence-electron chi connectivity index (χ3n) is 5.69. The van der Waals surface area contributed by atoms with Crippen LogP contribution in [0.25, 0.3) is 16.7 Å². The second kappa shape index (κ2) is 10.1. The zero-order chi connectivity index (χ0) is 25.1. The largest absolute Gasteiger partial charge is 0.462 e. The molecule has 0 aliphatic carbocycles. The number of thiophene rings is 1. The number of hydrogen-bond acceptors (Lipinski definition) is 6. The van der Waals surface area contributed by atoms with E-state index >= 15 is 0 Å². The van der Waals surface area contributed by atoms with Gasteiger partial charge in [0.25, 0.3) is 11.5 Å². The highest BCUT2D eigenvalue weighted by Gasteiger charge is 2.20. The normalized spacial score (nSPS) is 11.8. The van der Waals surface area contributed by atoms with Crippen LogP contribution in [-0.4, -0.2) is 32.4 Å². The van der Waals surface area contributed by atoms with Crippen LogP contribution in [0.2, 0.25) is 0 Å². The van der Waals surface area contributed by atoms with Crippen molar-refractivity contribution in [2.24, 2.45) is 4.99 Å². The Balaban J connectivity index is 1.84. The number of carbonyl (C=O) groups is 2. The topological polar surface area (TPSA) is 95.0 Å². The molecule has 36 heavy (non-hydrogen) atoms. The maximum atomic E-state index is 13.4. The van der Waals surface area contributed by atoms with Crippen molar-refractivity contribution in [3.05, 3.63) is 110 Å². The van der Waals surface area contributed by atoms with Crippen molar-refractivity contribution in [1.29, 1.82) is 0 Å². The lowest BCUT2D eigenvalue weighted by Crippen LogP contribution is -2.33. The first-order chi connectivity index (χ1) is 17.6. The minimum Gasteiger partial charge on any atom is -0.462 e. The van der Waals surface area contributed by atoms with Crippen LogP contribution in [0.1, 0.15) is 32.5 Å². The molecule has 0 saturated carbocycles. The minimum absolute atomic E-state index is 0.0390. The molecule has 0 saturated heterocycles. The summed E-state index contributed by atoms with van der Waals surface area (Å²) in [5.41, 5.74) is 1.66. The van der Waals surface area contributed by atoms with Crippen LogP contribution in [0.3, 0.4) is 0 Å². The molecule has 0 unspecified atom stereocenters. The van der Waals surface area contributed by atoms with Crippen LogP contribution in [-0.2, 0) is 17.7 Å². The van der Waals surface area contributed by atoms with E-state index in [4.69, 9.17) is 9.72 Å². The van der Waals surface area contributed by atoms with Crippen molar-refractivity contribution in [3.63, 3.8) is 0 Å². The average molecular weight is 499 g/mol. The van der Waals surface area contributed by atoms with Gasteiger partial charge >= 0.3 is 5.97 Å². The summed E-state index contributed by atoms with van der Waals surface area (Å²) >= 11 is 1.26. The summed E-state index contributed by atoms with van der Waals surface area (Å²) in [7, 11) is 0. The average Bonchev–Trinajstić information content (AvgIpc) is 3.44. The van der Waals surface area contributed by atoms with Gasteiger partial charge in [-0.05, 0) is 48.6 Å². The summed E-state index contributed by atoms with van der Waals surface area (Å²) in [4.78, 5) is 49.0. The fraction of sp³-hybridized carbons (Fsp3) is 0.148. The van der Waals surface area contributed by atoms with Crippen LogP contribution < -0.4 is 11.0 Å². The third-order valence-corrected chi connectivity index (χ3v) is 6.55. The van der Waals surface area contributed by atoms with Gasteiger partial charge in [-0.25, -0.2) is 9.78 Å². The summed E-state index contributed by atoms with van der Waals surface area (Å²) in [6.45, 7) is 2.16. The van der Waals surface area contributed by atoms with Gasteiger partial charge in [0.15, 0.2) is 5.49 Å². The molecule has 0 aliphatic rings. The van der Waals surface area contributed by atoms with E-state index in [9.17, 15) is 14.4 Å². The molecule has 0 radical (unpaired) electrons. The second-order valence-corrected chi connectivity index (χ2v) is 8.91. The fourth-order valence-electron chi connectivity index (χ4n) is 4.01. The first kappa shape index (κ1) is 23.4. The van der Waals surface area contributed by atoms with Crippen molar-refractivity contribution in [3.8, 4) is 0 Å². The second-order valence-electron chi connectivity index (χ2n) is 7.97. The van der Waals surface area contributed by atoms with Crippen LogP contribution in [0.5, 0.6) is 0 Å². The number of hydrogen-bond donors (Lipinski definition) is 0. The number of ether oxygens (including phenoxy) is 1. The molecule has 9 heteroatoms. The van der Waals surface area contributed by atoms with Gasteiger partial charge in [-0.2, -0.15) is 4.99 Å². The Kier molecular flexibility index (Phi) is 6.55. The van der Waals surface area contributed by atoms with E-state index in [-0.39, 0.29) is 28.6 Å². The molecule has 0 bridgehead atoms.